The SMILES string of the molecule is CN=C(NCCc1c(OC)cc(OC)cc1OC)N1CCC(C(=O)OC)CC1.I. The number of carbonyl (C=O) groups is 1. The molecule has 0 aliphatic carbocycles. The van der Waals surface area contributed by atoms with Crippen LogP contribution in [0.4, 0.5) is 0 Å². The third kappa shape index (κ3) is 6.55. The van der Waals surface area contributed by atoms with Crippen molar-refractivity contribution in [3.8, 4) is 17.2 Å². The zero-order valence-electron chi connectivity index (χ0n) is 17.8. The molecule has 0 atom stereocenters. The van der Waals surface area contributed by atoms with Crippen molar-refractivity contribution in [2.45, 2.75) is 19.3 Å². The first-order valence-corrected chi connectivity index (χ1v) is 9.40. The van der Waals surface area contributed by atoms with Crippen LogP contribution in [0.3, 0.4) is 0 Å². The molecule has 0 unspecified atom stereocenters. The van der Waals surface area contributed by atoms with Crippen LogP contribution >= 0.6 is 24.0 Å². The maximum Gasteiger partial charge on any atom is 0.308 e. The van der Waals surface area contributed by atoms with E-state index < -0.39 is 0 Å². The van der Waals surface area contributed by atoms with Crippen LogP contribution in [0, 0.1) is 5.92 Å². The Morgan fingerprint density at radius 2 is 1.69 bits per heavy atom. The number of ether oxygens (including phenoxy) is 4. The third-order valence-corrected chi connectivity index (χ3v) is 5.02. The van der Waals surface area contributed by atoms with Gasteiger partial charge < -0.3 is 29.2 Å². The van der Waals surface area contributed by atoms with Crippen molar-refractivity contribution >= 4 is 35.9 Å². The molecule has 1 saturated heterocycles. The Hall–Kier alpha value is -1.91. The summed E-state index contributed by atoms with van der Waals surface area (Å²) in [5.41, 5.74) is 0.971. The van der Waals surface area contributed by atoms with Crippen LogP contribution < -0.4 is 19.5 Å². The molecule has 1 aromatic rings. The second-order valence-corrected chi connectivity index (χ2v) is 6.52. The van der Waals surface area contributed by atoms with Crippen molar-refractivity contribution in [1.29, 1.82) is 0 Å². The first-order valence-electron chi connectivity index (χ1n) is 9.40. The maximum atomic E-state index is 11.7. The number of esters is 1. The van der Waals surface area contributed by atoms with Gasteiger partial charge in [0.15, 0.2) is 5.96 Å². The Balaban J connectivity index is 0.00000420. The maximum absolute atomic E-state index is 11.7. The first-order chi connectivity index (χ1) is 13.6. The minimum atomic E-state index is -0.124. The van der Waals surface area contributed by atoms with E-state index in [1.54, 1.807) is 28.4 Å². The molecule has 0 bridgehead atoms. The molecule has 164 valence electrons. The Labute approximate surface area is 189 Å². The van der Waals surface area contributed by atoms with Crippen molar-refractivity contribution in [3.63, 3.8) is 0 Å². The molecule has 1 heterocycles. The zero-order chi connectivity index (χ0) is 20.5. The second-order valence-electron chi connectivity index (χ2n) is 6.52. The molecule has 0 spiro atoms. The number of aliphatic imine (C=N–C) groups is 1. The lowest BCUT2D eigenvalue weighted by Crippen LogP contribution is -2.47. The minimum Gasteiger partial charge on any atom is -0.496 e. The number of nitrogens with one attached hydrogen (secondary N) is 1. The molecule has 8 nitrogen and oxygen atoms in total. The number of nitrogens with zero attached hydrogens (tertiary/aromatic N) is 2. The van der Waals surface area contributed by atoms with Gasteiger partial charge >= 0.3 is 5.97 Å². The molecule has 1 N–H and O–H groups in total. The Morgan fingerprint density at radius 1 is 1.10 bits per heavy atom. The highest BCUT2D eigenvalue weighted by Gasteiger charge is 2.27. The van der Waals surface area contributed by atoms with Gasteiger partial charge in [-0.3, -0.25) is 9.79 Å². The third-order valence-electron chi connectivity index (χ3n) is 5.02. The predicted octanol–water partition coefficient (Wildman–Crippen LogP) is 2.33. The normalized spacial score (nSPS) is 14.7. The van der Waals surface area contributed by atoms with Crippen molar-refractivity contribution < 1.29 is 23.7 Å². The molecule has 1 aromatic carbocycles. The number of guanidine groups is 1. The summed E-state index contributed by atoms with van der Waals surface area (Å²) in [6.45, 7) is 2.21. The summed E-state index contributed by atoms with van der Waals surface area (Å²) >= 11 is 0. The van der Waals surface area contributed by atoms with E-state index in [0.717, 1.165) is 49.0 Å². The van der Waals surface area contributed by atoms with E-state index in [-0.39, 0.29) is 35.9 Å². The molecule has 1 aliphatic heterocycles. The molecule has 0 amide bonds. The number of halogens is 1. The van der Waals surface area contributed by atoms with Gasteiger partial charge in [-0.1, -0.05) is 0 Å². The molecule has 0 aromatic heterocycles. The predicted molar refractivity (Wildman–Crippen MR) is 123 cm³/mol. The van der Waals surface area contributed by atoms with Crippen molar-refractivity contribution in [1.82, 2.24) is 10.2 Å². The zero-order valence-corrected chi connectivity index (χ0v) is 20.1. The number of likely N-dealkylation sites (tertiary alicyclic amines) is 1. The van der Waals surface area contributed by atoms with E-state index in [9.17, 15) is 4.79 Å². The van der Waals surface area contributed by atoms with Gasteiger partial charge in [-0.2, -0.15) is 0 Å². The molecule has 0 saturated carbocycles. The average molecular weight is 521 g/mol. The molecular weight excluding hydrogens is 489 g/mol. The van der Waals surface area contributed by atoms with Crippen LogP contribution in [0.5, 0.6) is 17.2 Å². The summed E-state index contributed by atoms with van der Waals surface area (Å²) in [5, 5.41) is 3.39. The van der Waals surface area contributed by atoms with Crippen LogP contribution in [-0.2, 0) is 16.0 Å². The van der Waals surface area contributed by atoms with E-state index in [2.05, 4.69) is 15.2 Å². The minimum absolute atomic E-state index is 0. The second kappa shape index (κ2) is 12.6. The van der Waals surface area contributed by atoms with Crippen LogP contribution in [0.15, 0.2) is 17.1 Å². The lowest BCUT2D eigenvalue weighted by atomic mass is 9.97. The number of piperidine rings is 1. The van der Waals surface area contributed by atoms with Crippen molar-refractivity contribution in [3.05, 3.63) is 17.7 Å². The van der Waals surface area contributed by atoms with Gasteiger partial charge in [0, 0.05) is 44.4 Å². The van der Waals surface area contributed by atoms with Crippen LogP contribution in [0.2, 0.25) is 0 Å². The highest BCUT2D eigenvalue weighted by Crippen LogP contribution is 2.34. The number of benzene rings is 1. The molecule has 9 heteroatoms. The van der Waals surface area contributed by atoms with Gasteiger partial charge in [-0.05, 0) is 19.3 Å². The quantitative estimate of drug-likeness (QED) is 0.255. The largest absolute Gasteiger partial charge is 0.496 e. The molecule has 1 fully saturated rings. The molecule has 2 rings (SSSR count). The summed E-state index contributed by atoms with van der Waals surface area (Å²) in [6, 6.07) is 3.70. The van der Waals surface area contributed by atoms with E-state index >= 15 is 0 Å². The van der Waals surface area contributed by atoms with Gasteiger partial charge in [0.25, 0.3) is 0 Å². The number of hydrogen-bond donors (Lipinski definition) is 1. The summed E-state index contributed by atoms with van der Waals surface area (Å²) in [5.74, 6) is 2.83. The monoisotopic (exact) mass is 521 g/mol. The molecular formula is C20H32IN3O5. The smallest absolute Gasteiger partial charge is 0.308 e. The summed E-state index contributed by atoms with van der Waals surface area (Å²) in [7, 11) is 8.09. The Bertz CT molecular complexity index is 666. The average Bonchev–Trinajstić information content (AvgIpc) is 2.75. The van der Waals surface area contributed by atoms with Gasteiger partial charge in [-0.15, -0.1) is 24.0 Å². The fraction of sp³-hybridized carbons (Fsp3) is 0.600. The van der Waals surface area contributed by atoms with Crippen LogP contribution in [0.25, 0.3) is 0 Å². The number of methoxy groups -OCH3 is 4. The topological polar surface area (TPSA) is 81.6 Å². The van der Waals surface area contributed by atoms with Crippen molar-refractivity contribution in [2.24, 2.45) is 10.9 Å². The summed E-state index contributed by atoms with van der Waals surface area (Å²) in [6.07, 6.45) is 2.25. The van der Waals surface area contributed by atoms with Gasteiger partial charge in [0.05, 0.1) is 34.4 Å². The van der Waals surface area contributed by atoms with Gasteiger partial charge in [0.2, 0.25) is 0 Å². The summed E-state index contributed by atoms with van der Waals surface area (Å²) in [4.78, 5) is 18.2. The van der Waals surface area contributed by atoms with E-state index in [0.29, 0.717) is 18.7 Å². The van der Waals surface area contributed by atoms with Crippen molar-refractivity contribution in [2.75, 3.05) is 55.1 Å². The standard InChI is InChI=1S/C20H31N3O5.HI/c1-21-20(23-10-7-14(8-11-23)19(24)28-5)22-9-6-16-17(26-3)12-15(25-2)13-18(16)27-4;/h12-14H,6-11H2,1-5H3,(H,21,22);1H. The van der Waals surface area contributed by atoms with Gasteiger partial charge in [0.1, 0.15) is 17.2 Å². The molecule has 0 radical (unpaired) electrons. The van der Waals surface area contributed by atoms with E-state index in [1.165, 1.54) is 7.11 Å². The Kier molecular flexibility index (Phi) is 10.9. The number of hydrogen-bond acceptors (Lipinski definition) is 6. The Morgan fingerprint density at radius 3 is 2.14 bits per heavy atom. The summed E-state index contributed by atoms with van der Waals surface area (Å²) < 4.78 is 21.1. The lowest BCUT2D eigenvalue weighted by molar-refractivity contribution is -0.146. The fourth-order valence-electron chi connectivity index (χ4n) is 3.45. The van der Waals surface area contributed by atoms with Gasteiger partial charge in [-0.25, -0.2) is 0 Å². The number of rotatable bonds is 7. The first kappa shape index (κ1) is 25.1. The van der Waals surface area contributed by atoms with E-state index in [4.69, 9.17) is 18.9 Å². The van der Waals surface area contributed by atoms with E-state index in [1.807, 2.05) is 12.1 Å². The lowest BCUT2D eigenvalue weighted by Gasteiger charge is -2.33. The number of carbonyl (C=O) groups excluding carboxylic acids is 1. The van der Waals surface area contributed by atoms with Crippen LogP contribution in [0.1, 0.15) is 18.4 Å². The molecule has 29 heavy (non-hydrogen) atoms. The highest BCUT2D eigenvalue weighted by molar-refractivity contribution is 14.0. The van der Waals surface area contributed by atoms with Crippen LogP contribution in [-0.4, -0.2) is 71.9 Å². The highest BCUT2D eigenvalue weighted by atomic mass is 127. The fourth-order valence-corrected chi connectivity index (χ4v) is 3.45. The molecule has 1 aliphatic rings.